The van der Waals surface area contributed by atoms with Crippen LogP contribution >= 0.6 is 11.6 Å². The molecule has 1 fully saturated rings. The molecular weight excluding hydrogens is 398 g/mol. The predicted octanol–water partition coefficient (Wildman–Crippen LogP) is 4.60. The van der Waals surface area contributed by atoms with Crippen molar-refractivity contribution in [3.63, 3.8) is 0 Å². The summed E-state index contributed by atoms with van der Waals surface area (Å²) in [6.45, 7) is 0. The highest BCUT2D eigenvalue weighted by Gasteiger charge is 2.21. The van der Waals surface area contributed by atoms with Gasteiger partial charge < -0.3 is 0 Å². The van der Waals surface area contributed by atoms with Gasteiger partial charge in [-0.1, -0.05) is 49.4 Å². The topological polar surface area (TPSA) is 73.0 Å². The molecule has 7 heteroatoms. The Morgan fingerprint density at radius 1 is 0.967 bits per heavy atom. The van der Waals surface area contributed by atoms with Crippen molar-refractivity contribution in [3.05, 3.63) is 76.1 Å². The molecule has 30 heavy (non-hydrogen) atoms. The number of hydrogen-bond donors (Lipinski definition) is 0. The molecule has 0 spiro atoms. The Morgan fingerprint density at radius 2 is 1.70 bits per heavy atom. The van der Waals surface area contributed by atoms with E-state index in [4.69, 9.17) is 11.6 Å². The number of fused-ring (bicyclic) bond motifs is 1. The molecule has 0 atom stereocenters. The lowest BCUT2D eigenvalue weighted by molar-refractivity contribution is 0.529. The van der Waals surface area contributed by atoms with Gasteiger partial charge in [0.25, 0.3) is 5.56 Å². The van der Waals surface area contributed by atoms with E-state index in [1.54, 1.807) is 18.6 Å². The van der Waals surface area contributed by atoms with Gasteiger partial charge in [-0.05, 0) is 41.3 Å². The molecule has 1 aliphatic rings. The van der Waals surface area contributed by atoms with Crippen LogP contribution in [0, 0.1) is 5.92 Å². The van der Waals surface area contributed by atoms with E-state index >= 15 is 0 Å². The Labute approximate surface area is 178 Å². The molecule has 5 rings (SSSR count). The van der Waals surface area contributed by atoms with Crippen molar-refractivity contribution in [1.29, 1.82) is 0 Å². The third-order valence-electron chi connectivity index (χ3n) is 5.78. The maximum atomic E-state index is 13.2. The summed E-state index contributed by atoms with van der Waals surface area (Å²) in [4.78, 5) is 17.3. The molecule has 0 bridgehead atoms. The molecule has 1 aliphatic carbocycles. The Hall–Kier alpha value is -3.12. The van der Waals surface area contributed by atoms with E-state index in [1.165, 1.54) is 17.4 Å². The summed E-state index contributed by atoms with van der Waals surface area (Å²) in [6, 6.07) is 11.3. The lowest BCUT2D eigenvalue weighted by Crippen LogP contribution is -2.25. The fraction of sp³-hybridized carbons (Fsp3) is 0.261. The molecule has 1 aromatic carbocycles. The molecule has 0 amide bonds. The van der Waals surface area contributed by atoms with Gasteiger partial charge in [0.15, 0.2) is 5.65 Å². The molecule has 0 aliphatic heterocycles. The molecule has 0 N–H and O–H groups in total. The average molecular weight is 418 g/mol. The molecule has 6 nitrogen and oxygen atoms in total. The van der Waals surface area contributed by atoms with Crippen molar-refractivity contribution in [2.45, 2.75) is 32.1 Å². The minimum atomic E-state index is -0.190. The number of rotatable bonds is 4. The molecule has 3 aromatic heterocycles. The number of aromatic nitrogens is 5. The largest absolute Gasteiger partial charge is 0.296 e. The van der Waals surface area contributed by atoms with Crippen molar-refractivity contribution < 1.29 is 0 Å². The maximum absolute atomic E-state index is 13.2. The van der Waals surface area contributed by atoms with Crippen LogP contribution in [0.2, 0.25) is 5.02 Å². The molecule has 4 aromatic rings. The zero-order valence-electron chi connectivity index (χ0n) is 16.3. The van der Waals surface area contributed by atoms with Crippen molar-refractivity contribution in [1.82, 2.24) is 24.8 Å². The van der Waals surface area contributed by atoms with E-state index in [1.807, 2.05) is 36.4 Å². The highest BCUT2D eigenvalue weighted by atomic mass is 35.5. The van der Waals surface area contributed by atoms with Gasteiger partial charge in [-0.15, -0.1) is 10.2 Å². The van der Waals surface area contributed by atoms with Gasteiger partial charge in [0.1, 0.15) is 5.69 Å². The van der Waals surface area contributed by atoms with E-state index in [0.29, 0.717) is 28.7 Å². The average Bonchev–Trinajstić information content (AvgIpc) is 3.29. The normalized spacial score (nSPS) is 14.4. The second kappa shape index (κ2) is 7.95. The second-order valence-corrected chi connectivity index (χ2v) is 8.15. The van der Waals surface area contributed by atoms with E-state index in [0.717, 1.165) is 35.1 Å². The lowest BCUT2D eigenvalue weighted by atomic mass is 9.97. The van der Waals surface area contributed by atoms with E-state index in [2.05, 4.69) is 20.3 Å². The first-order chi connectivity index (χ1) is 14.7. The Kier molecular flexibility index (Phi) is 5.01. The molecule has 0 saturated heterocycles. The summed E-state index contributed by atoms with van der Waals surface area (Å²) in [5, 5.41) is 13.9. The smallest absolute Gasteiger partial charge is 0.265 e. The summed E-state index contributed by atoms with van der Waals surface area (Å²) in [6.07, 6.45) is 10.6. The van der Waals surface area contributed by atoms with Crippen LogP contribution in [0.3, 0.4) is 0 Å². The summed E-state index contributed by atoms with van der Waals surface area (Å²) in [5.74, 6) is 0.512. The van der Waals surface area contributed by atoms with Crippen molar-refractivity contribution >= 4 is 17.2 Å². The van der Waals surface area contributed by atoms with Crippen LogP contribution in [0.4, 0.5) is 0 Å². The van der Waals surface area contributed by atoms with E-state index < -0.39 is 0 Å². The first-order valence-electron chi connectivity index (χ1n) is 10.1. The minimum absolute atomic E-state index is 0.190. The summed E-state index contributed by atoms with van der Waals surface area (Å²) in [5.41, 5.74) is 4.23. The van der Waals surface area contributed by atoms with Crippen LogP contribution in [-0.4, -0.2) is 24.8 Å². The number of halogens is 1. The molecule has 150 valence electrons. The molecule has 0 radical (unpaired) electrons. The van der Waals surface area contributed by atoms with Crippen molar-refractivity contribution in [2.24, 2.45) is 5.92 Å². The standard InChI is InChI=1S/C23H20ClN5O/c24-18-7-5-16(6-8-18)19-14-26-29-22(21(19)17-9-11-25-12-10-17)28-27-20(23(29)30)13-15-3-1-2-4-15/h5-12,14-15H,1-4,13H2. The monoisotopic (exact) mass is 417 g/mol. The zero-order valence-corrected chi connectivity index (χ0v) is 17.1. The van der Waals surface area contributed by atoms with Crippen molar-refractivity contribution in [2.75, 3.05) is 0 Å². The van der Waals surface area contributed by atoms with Gasteiger partial charge >= 0.3 is 0 Å². The van der Waals surface area contributed by atoms with Gasteiger partial charge in [-0.25, -0.2) is 0 Å². The quantitative estimate of drug-likeness (QED) is 0.485. The van der Waals surface area contributed by atoms with Gasteiger partial charge in [-0.2, -0.15) is 9.61 Å². The Morgan fingerprint density at radius 3 is 2.43 bits per heavy atom. The number of pyridine rings is 1. The summed E-state index contributed by atoms with van der Waals surface area (Å²) in [7, 11) is 0. The molecular formula is C23H20ClN5O. The zero-order chi connectivity index (χ0) is 20.5. The Balaban J connectivity index is 1.71. The van der Waals surface area contributed by atoms with Gasteiger partial charge in [0.2, 0.25) is 0 Å². The fourth-order valence-electron chi connectivity index (χ4n) is 4.24. The fourth-order valence-corrected chi connectivity index (χ4v) is 4.37. The third-order valence-corrected chi connectivity index (χ3v) is 6.03. The summed E-state index contributed by atoms with van der Waals surface area (Å²) < 4.78 is 1.38. The van der Waals surface area contributed by atoms with Crippen LogP contribution in [-0.2, 0) is 6.42 Å². The van der Waals surface area contributed by atoms with Gasteiger partial charge in [0.05, 0.1) is 6.20 Å². The molecule has 0 unspecified atom stereocenters. The Bertz CT molecular complexity index is 1250. The number of nitrogens with zero attached hydrogens (tertiary/aromatic N) is 5. The maximum Gasteiger partial charge on any atom is 0.296 e. The SMILES string of the molecule is O=c1c(CC2CCCC2)nnc2c(-c3ccncc3)c(-c3ccc(Cl)cc3)cnn12. The van der Waals surface area contributed by atoms with Gasteiger partial charge in [-0.3, -0.25) is 9.78 Å². The second-order valence-electron chi connectivity index (χ2n) is 7.72. The summed E-state index contributed by atoms with van der Waals surface area (Å²) >= 11 is 6.07. The first-order valence-corrected chi connectivity index (χ1v) is 10.5. The minimum Gasteiger partial charge on any atom is -0.265 e. The highest BCUT2D eigenvalue weighted by Crippen LogP contribution is 2.34. The van der Waals surface area contributed by atoms with Gasteiger partial charge in [0, 0.05) is 35.0 Å². The third kappa shape index (κ3) is 3.48. The van der Waals surface area contributed by atoms with Crippen LogP contribution in [0.15, 0.2) is 59.8 Å². The molecule has 3 heterocycles. The van der Waals surface area contributed by atoms with Crippen LogP contribution < -0.4 is 5.56 Å². The van der Waals surface area contributed by atoms with E-state index in [9.17, 15) is 4.79 Å². The number of hydrogen-bond acceptors (Lipinski definition) is 5. The van der Waals surface area contributed by atoms with E-state index in [-0.39, 0.29) is 5.56 Å². The first kappa shape index (κ1) is 18.9. The molecule has 1 saturated carbocycles. The highest BCUT2D eigenvalue weighted by molar-refractivity contribution is 6.30. The predicted molar refractivity (Wildman–Crippen MR) is 116 cm³/mol. The van der Waals surface area contributed by atoms with Crippen LogP contribution in [0.25, 0.3) is 27.9 Å². The number of benzene rings is 1. The lowest BCUT2D eigenvalue weighted by Gasteiger charge is -2.13. The van der Waals surface area contributed by atoms with Crippen LogP contribution in [0.5, 0.6) is 0 Å². The van der Waals surface area contributed by atoms with Crippen LogP contribution in [0.1, 0.15) is 31.4 Å². The van der Waals surface area contributed by atoms with Crippen molar-refractivity contribution in [3.8, 4) is 22.3 Å².